The minimum atomic E-state index is 0.0967. The molecule has 22 heavy (non-hydrogen) atoms. The molecule has 1 saturated carbocycles. The molecule has 1 atom stereocenters. The van der Waals surface area contributed by atoms with Crippen LogP contribution in [-0.4, -0.2) is 47.9 Å². The monoisotopic (exact) mass is 298 g/mol. The van der Waals surface area contributed by atoms with Crippen LogP contribution in [0.2, 0.25) is 0 Å². The number of nitrogens with zero attached hydrogens (tertiary/aromatic N) is 2. The first-order valence-electron chi connectivity index (χ1n) is 8.48. The zero-order chi connectivity index (χ0) is 15.4. The first kappa shape index (κ1) is 15.3. The summed E-state index contributed by atoms with van der Waals surface area (Å²) in [4.78, 5) is 17.2. The third kappa shape index (κ3) is 3.77. The number of benzene rings is 1. The van der Waals surface area contributed by atoms with Crippen LogP contribution in [0.3, 0.4) is 0 Å². The van der Waals surface area contributed by atoms with Crippen molar-refractivity contribution in [2.45, 2.75) is 44.2 Å². The van der Waals surface area contributed by atoms with Crippen LogP contribution in [0.5, 0.6) is 0 Å². The smallest absolute Gasteiger partial charge is 0.240 e. The fraction of sp³-hybridized carbons (Fsp3) is 0.526. The van der Waals surface area contributed by atoms with Gasteiger partial charge in [-0.05, 0) is 44.8 Å². The lowest BCUT2D eigenvalue weighted by Gasteiger charge is -2.35. The van der Waals surface area contributed by atoms with E-state index >= 15 is 0 Å². The molecule has 2 aliphatic rings. The molecule has 0 spiro atoms. The van der Waals surface area contributed by atoms with E-state index in [1.807, 2.05) is 18.2 Å². The zero-order valence-corrected chi connectivity index (χ0v) is 13.4. The van der Waals surface area contributed by atoms with E-state index in [-0.39, 0.29) is 6.04 Å². The second-order valence-electron chi connectivity index (χ2n) is 6.53. The highest BCUT2D eigenvalue weighted by atomic mass is 16.2. The van der Waals surface area contributed by atoms with E-state index in [1.54, 1.807) is 0 Å². The van der Waals surface area contributed by atoms with E-state index < -0.39 is 0 Å². The Balaban J connectivity index is 1.62. The average Bonchev–Trinajstić information content (AvgIpc) is 3.37. The Kier molecular flexibility index (Phi) is 4.94. The fourth-order valence-corrected chi connectivity index (χ4v) is 3.25. The molecule has 0 radical (unpaired) electrons. The van der Waals surface area contributed by atoms with Crippen LogP contribution in [0.15, 0.2) is 36.4 Å². The van der Waals surface area contributed by atoms with E-state index in [0.29, 0.717) is 11.9 Å². The summed E-state index contributed by atoms with van der Waals surface area (Å²) in [6, 6.07) is 10.9. The third-order valence-electron chi connectivity index (χ3n) is 4.74. The van der Waals surface area contributed by atoms with Crippen LogP contribution < -0.4 is 0 Å². The van der Waals surface area contributed by atoms with Gasteiger partial charge in [0, 0.05) is 12.6 Å². The van der Waals surface area contributed by atoms with Crippen LogP contribution in [0, 0.1) is 0 Å². The Labute approximate surface area is 133 Å². The molecule has 1 saturated heterocycles. The minimum Gasteiger partial charge on any atom is -0.335 e. The molecule has 2 fully saturated rings. The van der Waals surface area contributed by atoms with E-state index in [1.165, 1.54) is 31.2 Å². The number of rotatable bonds is 5. The molecule has 118 valence electrons. The lowest BCUT2D eigenvalue weighted by Crippen LogP contribution is -2.50. The fourth-order valence-electron chi connectivity index (χ4n) is 3.25. The Hall–Kier alpha value is -1.61. The summed E-state index contributed by atoms with van der Waals surface area (Å²) < 4.78 is 0. The molecule has 0 bridgehead atoms. The van der Waals surface area contributed by atoms with E-state index in [0.717, 1.165) is 19.5 Å². The summed E-state index contributed by atoms with van der Waals surface area (Å²) in [7, 11) is 2.09. The Morgan fingerprint density at radius 3 is 2.68 bits per heavy atom. The molecule has 1 amide bonds. The van der Waals surface area contributed by atoms with Gasteiger partial charge in [-0.25, -0.2) is 0 Å². The Morgan fingerprint density at radius 1 is 1.23 bits per heavy atom. The number of hydrogen-bond donors (Lipinski definition) is 0. The maximum atomic E-state index is 12.9. The summed E-state index contributed by atoms with van der Waals surface area (Å²) in [5, 5.41) is 0. The molecule has 3 heteroatoms. The summed E-state index contributed by atoms with van der Waals surface area (Å²) >= 11 is 0. The van der Waals surface area contributed by atoms with Crippen molar-refractivity contribution >= 4 is 12.0 Å². The Morgan fingerprint density at radius 2 is 2.00 bits per heavy atom. The highest BCUT2D eigenvalue weighted by Gasteiger charge is 2.37. The van der Waals surface area contributed by atoms with Gasteiger partial charge in [-0.15, -0.1) is 0 Å². The third-order valence-corrected chi connectivity index (χ3v) is 4.74. The summed E-state index contributed by atoms with van der Waals surface area (Å²) in [6.45, 7) is 1.79. The average molecular weight is 298 g/mol. The van der Waals surface area contributed by atoms with Gasteiger partial charge in [0.2, 0.25) is 5.91 Å². The van der Waals surface area contributed by atoms with Crippen molar-refractivity contribution in [3.8, 4) is 0 Å². The van der Waals surface area contributed by atoms with Gasteiger partial charge in [0.1, 0.15) is 0 Å². The molecule has 0 N–H and O–H groups in total. The maximum absolute atomic E-state index is 12.9. The molecule has 1 unspecified atom stereocenters. The molecule has 1 aliphatic heterocycles. The van der Waals surface area contributed by atoms with Crippen molar-refractivity contribution in [2.75, 3.05) is 20.1 Å². The van der Waals surface area contributed by atoms with Gasteiger partial charge in [-0.1, -0.05) is 48.9 Å². The predicted octanol–water partition coefficient (Wildman–Crippen LogP) is 3.18. The van der Waals surface area contributed by atoms with Crippen molar-refractivity contribution in [1.82, 2.24) is 9.80 Å². The molecule has 0 aromatic heterocycles. The van der Waals surface area contributed by atoms with Gasteiger partial charge in [0.15, 0.2) is 0 Å². The molecule has 3 rings (SSSR count). The van der Waals surface area contributed by atoms with Crippen molar-refractivity contribution in [3.05, 3.63) is 42.0 Å². The van der Waals surface area contributed by atoms with Gasteiger partial charge in [0.25, 0.3) is 0 Å². The van der Waals surface area contributed by atoms with Crippen molar-refractivity contribution in [2.24, 2.45) is 0 Å². The molecular weight excluding hydrogens is 272 g/mol. The first-order valence-corrected chi connectivity index (χ1v) is 8.48. The van der Waals surface area contributed by atoms with Crippen LogP contribution in [0.25, 0.3) is 6.08 Å². The number of hydrogen-bond acceptors (Lipinski definition) is 2. The normalized spacial score (nSPS) is 22.9. The van der Waals surface area contributed by atoms with Gasteiger partial charge < -0.3 is 4.90 Å². The van der Waals surface area contributed by atoms with Crippen molar-refractivity contribution in [3.63, 3.8) is 0 Å². The minimum absolute atomic E-state index is 0.0967. The Bertz CT molecular complexity index is 521. The van der Waals surface area contributed by atoms with E-state index in [2.05, 4.69) is 41.1 Å². The lowest BCUT2D eigenvalue weighted by atomic mass is 10.0. The number of likely N-dealkylation sites (N-methyl/N-ethyl adjacent to an activating group) is 1. The standard InChI is InChI=1S/C19H26N2O/c1-20-14-6-5-11-18(20)19(22)21(17-12-13-17)15-7-10-16-8-3-2-4-9-16/h2-4,7-10,17-18H,5-6,11-15H2,1H3/b10-7+. The lowest BCUT2D eigenvalue weighted by molar-refractivity contribution is -0.137. The van der Waals surface area contributed by atoms with Crippen LogP contribution in [0.4, 0.5) is 0 Å². The molecule has 3 nitrogen and oxygen atoms in total. The number of amides is 1. The quantitative estimate of drug-likeness (QED) is 0.833. The number of piperidine rings is 1. The van der Waals surface area contributed by atoms with Gasteiger partial charge in [-0.3, -0.25) is 9.69 Å². The number of carbonyl (C=O) groups is 1. The molecule has 1 heterocycles. The number of likely N-dealkylation sites (tertiary alicyclic amines) is 1. The van der Waals surface area contributed by atoms with Crippen molar-refractivity contribution < 1.29 is 4.79 Å². The number of carbonyl (C=O) groups excluding carboxylic acids is 1. The second-order valence-corrected chi connectivity index (χ2v) is 6.53. The van der Waals surface area contributed by atoms with Gasteiger partial charge >= 0.3 is 0 Å². The van der Waals surface area contributed by atoms with Gasteiger partial charge in [0.05, 0.1) is 6.04 Å². The molecule has 1 aliphatic carbocycles. The second kappa shape index (κ2) is 7.10. The maximum Gasteiger partial charge on any atom is 0.240 e. The summed E-state index contributed by atoms with van der Waals surface area (Å²) in [6.07, 6.45) is 10.0. The largest absolute Gasteiger partial charge is 0.335 e. The van der Waals surface area contributed by atoms with E-state index in [9.17, 15) is 4.79 Å². The van der Waals surface area contributed by atoms with Crippen LogP contribution in [0.1, 0.15) is 37.7 Å². The first-order chi connectivity index (χ1) is 10.8. The predicted molar refractivity (Wildman–Crippen MR) is 90.5 cm³/mol. The molecule has 1 aromatic rings. The van der Waals surface area contributed by atoms with Crippen LogP contribution in [-0.2, 0) is 4.79 Å². The summed E-state index contributed by atoms with van der Waals surface area (Å²) in [5.74, 6) is 0.336. The SMILES string of the molecule is CN1CCCCC1C(=O)N(C/C=C/c1ccccc1)C1CC1. The van der Waals surface area contributed by atoms with Crippen LogP contribution >= 0.6 is 0 Å². The molecule has 1 aromatic carbocycles. The van der Waals surface area contributed by atoms with Crippen molar-refractivity contribution in [1.29, 1.82) is 0 Å². The summed E-state index contributed by atoms with van der Waals surface area (Å²) in [5.41, 5.74) is 1.19. The van der Waals surface area contributed by atoms with Gasteiger partial charge in [-0.2, -0.15) is 0 Å². The topological polar surface area (TPSA) is 23.6 Å². The van der Waals surface area contributed by atoms with E-state index in [4.69, 9.17) is 0 Å². The molecular formula is C19H26N2O. The highest BCUT2D eigenvalue weighted by molar-refractivity contribution is 5.82. The zero-order valence-electron chi connectivity index (χ0n) is 13.4. The highest BCUT2D eigenvalue weighted by Crippen LogP contribution is 2.29.